The second-order valence-electron chi connectivity index (χ2n) is 4.86. The van der Waals surface area contributed by atoms with E-state index in [0.29, 0.717) is 10.6 Å². The number of hydrogen-bond donors (Lipinski definition) is 0. The number of carbonyl (C=O) groups is 1. The summed E-state index contributed by atoms with van der Waals surface area (Å²) in [5.74, 6) is 0.742. The molecule has 1 aliphatic heterocycles. The third-order valence-electron chi connectivity index (χ3n) is 3.38. The van der Waals surface area contributed by atoms with Crippen LogP contribution in [0.25, 0.3) is 6.08 Å². The molecule has 1 aliphatic rings. The van der Waals surface area contributed by atoms with Crippen molar-refractivity contribution in [1.29, 1.82) is 0 Å². The number of benzene rings is 2. The number of halogens is 1. The van der Waals surface area contributed by atoms with Gasteiger partial charge in [0.25, 0.3) is 5.91 Å². The summed E-state index contributed by atoms with van der Waals surface area (Å²) in [6.07, 6.45) is 1.97. The first kappa shape index (κ1) is 15.0. The fraction of sp³-hybridized carbons (Fsp3) is 0.118. The van der Waals surface area contributed by atoms with Gasteiger partial charge in [0.15, 0.2) is 0 Å². The first-order valence-electron chi connectivity index (χ1n) is 6.73. The summed E-state index contributed by atoms with van der Waals surface area (Å²) in [5, 5.41) is 0.616. The Morgan fingerprint density at radius 3 is 2.59 bits per heavy atom. The number of carbonyl (C=O) groups excluding carboxylic acids is 1. The van der Waals surface area contributed by atoms with Crippen LogP contribution in [0.3, 0.4) is 0 Å². The lowest BCUT2D eigenvalue weighted by Crippen LogP contribution is -2.24. The minimum atomic E-state index is -0.0658. The van der Waals surface area contributed by atoms with E-state index in [4.69, 9.17) is 16.3 Å². The van der Waals surface area contributed by atoms with Crippen LogP contribution >= 0.6 is 23.5 Å². The molecule has 0 aromatic heterocycles. The Hall–Kier alpha value is -1.91. The first-order chi connectivity index (χ1) is 10.6. The Morgan fingerprint density at radius 2 is 1.91 bits per heavy atom. The SMILES string of the molecule is COc1cccc2c1C=C(C)N(C(=O)c1ccc(Cl)cc1)S2. The van der Waals surface area contributed by atoms with Crippen LogP contribution in [0.15, 0.2) is 53.1 Å². The van der Waals surface area contributed by atoms with Gasteiger partial charge in [0.05, 0.1) is 7.11 Å². The van der Waals surface area contributed by atoms with Crippen LogP contribution in [0.2, 0.25) is 5.02 Å². The number of hydrogen-bond acceptors (Lipinski definition) is 3. The van der Waals surface area contributed by atoms with Gasteiger partial charge < -0.3 is 4.74 Å². The molecule has 0 fully saturated rings. The smallest absolute Gasteiger partial charge is 0.268 e. The highest BCUT2D eigenvalue weighted by molar-refractivity contribution is 7.97. The molecule has 22 heavy (non-hydrogen) atoms. The maximum absolute atomic E-state index is 12.7. The van der Waals surface area contributed by atoms with Crippen molar-refractivity contribution < 1.29 is 9.53 Å². The number of ether oxygens (including phenoxy) is 1. The molecule has 5 heteroatoms. The second kappa shape index (κ2) is 6.07. The molecule has 3 rings (SSSR count). The minimum absolute atomic E-state index is 0.0658. The average Bonchev–Trinajstić information content (AvgIpc) is 2.53. The van der Waals surface area contributed by atoms with Crippen molar-refractivity contribution in [2.45, 2.75) is 11.8 Å². The Morgan fingerprint density at radius 1 is 1.18 bits per heavy atom. The van der Waals surface area contributed by atoms with Crippen molar-refractivity contribution >= 4 is 35.5 Å². The lowest BCUT2D eigenvalue weighted by Gasteiger charge is -2.27. The van der Waals surface area contributed by atoms with Gasteiger partial charge in [-0.2, -0.15) is 0 Å². The van der Waals surface area contributed by atoms with Gasteiger partial charge in [0.1, 0.15) is 5.75 Å². The third kappa shape index (κ3) is 2.72. The summed E-state index contributed by atoms with van der Waals surface area (Å²) in [4.78, 5) is 13.7. The zero-order valence-corrected chi connectivity index (χ0v) is 13.7. The van der Waals surface area contributed by atoms with Crippen molar-refractivity contribution in [3.8, 4) is 5.75 Å². The van der Waals surface area contributed by atoms with E-state index < -0.39 is 0 Å². The zero-order chi connectivity index (χ0) is 15.7. The van der Waals surface area contributed by atoms with Gasteiger partial charge in [-0.1, -0.05) is 17.7 Å². The standard InChI is InChI=1S/C17H14ClNO2S/c1-11-10-14-15(21-2)4-3-5-16(14)22-19(11)17(20)12-6-8-13(18)9-7-12/h3-10H,1-2H3. The van der Waals surface area contributed by atoms with E-state index in [9.17, 15) is 4.79 Å². The Kier molecular flexibility index (Phi) is 4.14. The quantitative estimate of drug-likeness (QED) is 0.735. The van der Waals surface area contributed by atoms with Crippen LogP contribution in [0.1, 0.15) is 22.8 Å². The Bertz CT molecular complexity index is 756. The fourth-order valence-corrected chi connectivity index (χ4v) is 3.38. The second-order valence-corrected chi connectivity index (χ2v) is 6.28. The summed E-state index contributed by atoms with van der Waals surface area (Å²) in [6, 6.07) is 12.7. The highest BCUT2D eigenvalue weighted by Crippen LogP contribution is 2.40. The Labute approximate surface area is 138 Å². The summed E-state index contributed by atoms with van der Waals surface area (Å²) in [7, 11) is 1.65. The zero-order valence-electron chi connectivity index (χ0n) is 12.2. The average molecular weight is 332 g/mol. The van der Waals surface area contributed by atoms with E-state index >= 15 is 0 Å². The van der Waals surface area contributed by atoms with Gasteiger partial charge in [-0.15, -0.1) is 0 Å². The number of rotatable bonds is 2. The number of methoxy groups -OCH3 is 1. The number of nitrogens with zero attached hydrogens (tertiary/aromatic N) is 1. The number of fused-ring (bicyclic) bond motifs is 1. The van der Waals surface area contributed by atoms with E-state index in [1.54, 1.807) is 35.7 Å². The molecule has 0 N–H and O–H groups in total. The summed E-state index contributed by atoms with van der Waals surface area (Å²) in [6.45, 7) is 1.91. The van der Waals surface area contributed by atoms with Crippen molar-refractivity contribution in [2.75, 3.05) is 7.11 Å². The molecule has 1 amide bonds. The van der Waals surface area contributed by atoms with Crippen molar-refractivity contribution in [2.24, 2.45) is 0 Å². The lowest BCUT2D eigenvalue weighted by molar-refractivity contribution is 0.0898. The van der Waals surface area contributed by atoms with Crippen molar-refractivity contribution in [3.63, 3.8) is 0 Å². The summed E-state index contributed by atoms with van der Waals surface area (Å²) < 4.78 is 7.06. The van der Waals surface area contributed by atoms with Gasteiger partial charge in [0.2, 0.25) is 0 Å². The normalized spacial score (nSPS) is 13.4. The summed E-state index contributed by atoms with van der Waals surface area (Å²) in [5.41, 5.74) is 2.48. The molecule has 0 aliphatic carbocycles. The van der Waals surface area contributed by atoms with E-state index in [1.807, 2.05) is 31.2 Å². The van der Waals surface area contributed by atoms with E-state index in [-0.39, 0.29) is 5.91 Å². The van der Waals surface area contributed by atoms with Gasteiger partial charge in [-0.05, 0) is 61.3 Å². The van der Waals surface area contributed by atoms with Crippen LogP contribution in [-0.4, -0.2) is 17.3 Å². The predicted octanol–water partition coefficient (Wildman–Crippen LogP) is 4.87. The van der Waals surface area contributed by atoms with Gasteiger partial charge in [-0.25, -0.2) is 4.31 Å². The summed E-state index contributed by atoms with van der Waals surface area (Å²) >= 11 is 7.28. The maximum Gasteiger partial charge on any atom is 0.268 e. The molecule has 0 bridgehead atoms. The molecule has 112 valence electrons. The highest BCUT2D eigenvalue weighted by atomic mass is 35.5. The molecule has 2 aromatic rings. The fourth-order valence-electron chi connectivity index (χ4n) is 2.27. The van der Waals surface area contributed by atoms with Crippen molar-refractivity contribution in [3.05, 3.63) is 64.3 Å². The largest absolute Gasteiger partial charge is 0.496 e. The molecule has 3 nitrogen and oxygen atoms in total. The Balaban J connectivity index is 1.95. The number of amides is 1. The lowest BCUT2D eigenvalue weighted by atomic mass is 10.1. The maximum atomic E-state index is 12.7. The third-order valence-corrected chi connectivity index (χ3v) is 4.83. The van der Waals surface area contributed by atoms with E-state index in [1.165, 1.54) is 11.9 Å². The molecule has 0 saturated carbocycles. The van der Waals surface area contributed by atoms with Gasteiger partial charge in [-0.3, -0.25) is 4.79 Å². The molecule has 0 spiro atoms. The van der Waals surface area contributed by atoms with Gasteiger partial charge >= 0.3 is 0 Å². The highest BCUT2D eigenvalue weighted by Gasteiger charge is 2.25. The topological polar surface area (TPSA) is 29.5 Å². The number of allylic oxidation sites excluding steroid dienone is 1. The molecule has 0 unspecified atom stereocenters. The van der Waals surface area contributed by atoms with E-state index in [0.717, 1.165) is 21.9 Å². The predicted molar refractivity (Wildman–Crippen MR) is 90.1 cm³/mol. The molecular formula is C17H14ClNO2S. The van der Waals surface area contributed by atoms with Crippen LogP contribution in [0, 0.1) is 0 Å². The molecule has 0 saturated heterocycles. The first-order valence-corrected chi connectivity index (χ1v) is 7.88. The van der Waals surface area contributed by atoms with Crippen molar-refractivity contribution in [1.82, 2.24) is 4.31 Å². The molecular weight excluding hydrogens is 318 g/mol. The minimum Gasteiger partial charge on any atom is -0.496 e. The molecule has 1 heterocycles. The molecule has 0 atom stereocenters. The molecule has 0 radical (unpaired) electrons. The van der Waals surface area contributed by atoms with Gasteiger partial charge in [0, 0.05) is 26.7 Å². The monoisotopic (exact) mass is 331 g/mol. The molecule has 2 aromatic carbocycles. The van der Waals surface area contributed by atoms with Crippen LogP contribution in [0.4, 0.5) is 0 Å². The van der Waals surface area contributed by atoms with Crippen LogP contribution < -0.4 is 4.74 Å². The van der Waals surface area contributed by atoms with Crippen LogP contribution in [-0.2, 0) is 0 Å². The van der Waals surface area contributed by atoms with E-state index in [2.05, 4.69) is 0 Å². The van der Waals surface area contributed by atoms with Crippen LogP contribution in [0.5, 0.6) is 5.75 Å².